The van der Waals surface area contributed by atoms with Gasteiger partial charge in [0.15, 0.2) is 0 Å². The first-order valence-corrected chi connectivity index (χ1v) is 7.38. The molecule has 4 nitrogen and oxygen atoms in total. The van der Waals surface area contributed by atoms with Gasteiger partial charge in [-0.3, -0.25) is 9.59 Å². The molecule has 102 valence electrons. The van der Waals surface area contributed by atoms with Crippen LogP contribution in [0.2, 0.25) is 0 Å². The van der Waals surface area contributed by atoms with Crippen molar-refractivity contribution in [2.45, 2.75) is 26.4 Å². The lowest BCUT2D eigenvalue weighted by Crippen LogP contribution is -2.59. The number of hydrogen-bond acceptors (Lipinski definition) is 2. The van der Waals surface area contributed by atoms with Gasteiger partial charge in [-0.05, 0) is 46.2 Å². The van der Waals surface area contributed by atoms with Crippen molar-refractivity contribution >= 4 is 34.4 Å². The Hall–Kier alpha value is -1.11. The summed E-state index contributed by atoms with van der Waals surface area (Å²) in [6, 6.07) is 7.59. The first-order chi connectivity index (χ1) is 8.97. The van der Waals surface area contributed by atoms with Crippen molar-refractivity contribution in [3.63, 3.8) is 0 Å². The first kappa shape index (κ1) is 14.3. The first-order valence-electron chi connectivity index (χ1n) is 6.30. The average molecular weight is 372 g/mol. The van der Waals surface area contributed by atoms with Gasteiger partial charge < -0.3 is 10.2 Å². The minimum absolute atomic E-state index is 0.00755. The summed E-state index contributed by atoms with van der Waals surface area (Å²) >= 11 is 2.24. The highest BCUT2D eigenvalue weighted by Gasteiger charge is 2.34. The van der Waals surface area contributed by atoms with E-state index in [1.807, 2.05) is 38.1 Å². The van der Waals surface area contributed by atoms with Crippen LogP contribution in [0, 0.1) is 9.49 Å². The van der Waals surface area contributed by atoms with Gasteiger partial charge in [0.25, 0.3) is 0 Å². The van der Waals surface area contributed by atoms with E-state index < -0.39 is 6.04 Å². The number of piperazine rings is 1. The molecule has 2 amide bonds. The Labute approximate surface area is 126 Å². The third kappa shape index (κ3) is 3.46. The molecule has 5 heteroatoms. The van der Waals surface area contributed by atoms with Gasteiger partial charge in [-0.2, -0.15) is 0 Å². The number of carbonyl (C=O) groups excluding carboxylic acids is 2. The summed E-state index contributed by atoms with van der Waals surface area (Å²) < 4.78 is 1.16. The molecule has 1 unspecified atom stereocenters. The molecular weight excluding hydrogens is 355 g/mol. The molecule has 0 saturated carbocycles. The van der Waals surface area contributed by atoms with Crippen LogP contribution in [0.25, 0.3) is 0 Å². The van der Waals surface area contributed by atoms with Gasteiger partial charge in [0.05, 0.1) is 6.54 Å². The van der Waals surface area contributed by atoms with E-state index in [-0.39, 0.29) is 24.3 Å². The smallest absolute Gasteiger partial charge is 0.246 e. The summed E-state index contributed by atoms with van der Waals surface area (Å²) in [7, 11) is 0. The maximum absolute atomic E-state index is 12.3. The minimum atomic E-state index is -0.398. The molecule has 1 aromatic carbocycles. The second-order valence-corrected chi connectivity index (χ2v) is 6.36. The van der Waals surface area contributed by atoms with Crippen molar-refractivity contribution in [3.8, 4) is 0 Å². The van der Waals surface area contributed by atoms with E-state index in [4.69, 9.17) is 0 Å². The molecule has 1 saturated heterocycles. The average Bonchev–Trinajstić information content (AvgIpc) is 2.35. The van der Waals surface area contributed by atoms with Crippen LogP contribution >= 0.6 is 22.6 Å². The topological polar surface area (TPSA) is 49.4 Å². The van der Waals surface area contributed by atoms with E-state index in [0.29, 0.717) is 6.54 Å². The molecule has 0 bridgehead atoms. The van der Waals surface area contributed by atoms with Gasteiger partial charge >= 0.3 is 0 Å². The third-order valence-corrected chi connectivity index (χ3v) is 3.90. The standard InChI is InChI=1S/C14H17IN2O2/c1-9(2)13-14(19)17(8-12(18)16-13)7-10-3-5-11(15)6-4-10/h3-6,9,13H,7-8H2,1-2H3,(H,16,18). The predicted octanol–water partition coefficient (Wildman–Crippen LogP) is 1.77. The maximum Gasteiger partial charge on any atom is 0.246 e. The normalized spacial score (nSPS) is 19.8. The van der Waals surface area contributed by atoms with Crippen molar-refractivity contribution in [1.29, 1.82) is 0 Å². The monoisotopic (exact) mass is 372 g/mol. The molecule has 2 rings (SSSR count). The SMILES string of the molecule is CC(C)C1NC(=O)CN(Cc2ccc(I)cc2)C1=O. The van der Waals surface area contributed by atoms with Crippen LogP contribution in [-0.4, -0.2) is 29.3 Å². The molecule has 0 aliphatic carbocycles. The van der Waals surface area contributed by atoms with Crippen LogP contribution in [0.15, 0.2) is 24.3 Å². The zero-order valence-electron chi connectivity index (χ0n) is 11.0. The number of halogens is 1. The van der Waals surface area contributed by atoms with Crippen LogP contribution in [-0.2, 0) is 16.1 Å². The summed E-state index contributed by atoms with van der Waals surface area (Å²) in [6.07, 6.45) is 0. The fraction of sp³-hybridized carbons (Fsp3) is 0.429. The summed E-state index contributed by atoms with van der Waals surface area (Å²) in [5.41, 5.74) is 1.05. The van der Waals surface area contributed by atoms with Gasteiger partial charge in [-0.1, -0.05) is 26.0 Å². The molecule has 1 fully saturated rings. The second-order valence-electron chi connectivity index (χ2n) is 5.11. The molecule has 1 aromatic rings. The van der Waals surface area contributed by atoms with Crippen LogP contribution in [0.4, 0.5) is 0 Å². The van der Waals surface area contributed by atoms with E-state index in [2.05, 4.69) is 27.9 Å². The van der Waals surface area contributed by atoms with Gasteiger partial charge in [-0.15, -0.1) is 0 Å². The lowest BCUT2D eigenvalue weighted by molar-refractivity contribution is -0.146. The summed E-state index contributed by atoms with van der Waals surface area (Å²) in [6.45, 7) is 4.52. The highest BCUT2D eigenvalue weighted by atomic mass is 127. The van der Waals surface area contributed by atoms with E-state index in [1.165, 1.54) is 0 Å². The number of hydrogen-bond donors (Lipinski definition) is 1. The van der Waals surface area contributed by atoms with E-state index in [1.54, 1.807) is 4.90 Å². The lowest BCUT2D eigenvalue weighted by atomic mass is 10.0. The number of benzene rings is 1. The molecule has 0 spiro atoms. The Morgan fingerprint density at radius 2 is 1.95 bits per heavy atom. The molecule has 19 heavy (non-hydrogen) atoms. The van der Waals surface area contributed by atoms with Crippen molar-refractivity contribution in [2.24, 2.45) is 5.92 Å². The van der Waals surface area contributed by atoms with Crippen molar-refractivity contribution < 1.29 is 9.59 Å². The van der Waals surface area contributed by atoms with Crippen LogP contribution < -0.4 is 5.32 Å². The molecule has 1 aliphatic heterocycles. The van der Waals surface area contributed by atoms with Crippen LogP contribution in [0.1, 0.15) is 19.4 Å². The number of carbonyl (C=O) groups is 2. The Morgan fingerprint density at radius 3 is 2.53 bits per heavy atom. The van der Waals surface area contributed by atoms with E-state index in [9.17, 15) is 9.59 Å². The zero-order valence-corrected chi connectivity index (χ0v) is 13.2. The number of amides is 2. The summed E-state index contributed by atoms with van der Waals surface area (Å²) in [4.78, 5) is 25.6. The fourth-order valence-corrected chi connectivity index (χ4v) is 2.48. The van der Waals surface area contributed by atoms with Crippen molar-refractivity contribution in [3.05, 3.63) is 33.4 Å². The van der Waals surface area contributed by atoms with Gasteiger partial charge in [0, 0.05) is 10.1 Å². The maximum atomic E-state index is 12.3. The molecule has 1 atom stereocenters. The van der Waals surface area contributed by atoms with E-state index in [0.717, 1.165) is 9.13 Å². The Balaban J connectivity index is 2.12. The number of nitrogens with one attached hydrogen (secondary N) is 1. The molecule has 0 radical (unpaired) electrons. The summed E-state index contributed by atoms with van der Waals surface area (Å²) in [5, 5.41) is 2.76. The zero-order chi connectivity index (χ0) is 14.0. The Kier molecular flexibility index (Phi) is 4.44. The van der Waals surface area contributed by atoms with Gasteiger partial charge in [-0.25, -0.2) is 0 Å². The minimum Gasteiger partial charge on any atom is -0.343 e. The number of rotatable bonds is 3. The van der Waals surface area contributed by atoms with E-state index >= 15 is 0 Å². The van der Waals surface area contributed by atoms with Gasteiger partial charge in [0.1, 0.15) is 6.04 Å². The molecule has 1 heterocycles. The highest BCUT2D eigenvalue weighted by Crippen LogP contribution is 2.15. The molecule has 1 N–H and O–H groups in total. The molecular formula is C14H17IN2O2. The second kappa shape index (κ2) is 5.90. The van der Waals surface area contributed by atoms with Gasteiger partial charge in [0.2, 0.25) is 11.8 Å². The highest BCUT2D eigenvalue weighted by molar-refractivity contribution is 14.1. The summed E-state index contributed by atoms with van der Waals surface area (Å²) in [5.74, 6) is 0.0351. The Morgan fingerprint density at radius 1 is 1.32 bits per heavy atom. The Bertz CT molecular complexity index is 485. The predicted molar refractivity (Wildman–Crippen MR) is 81.3 cm³/mol. The fourth-order valence-electron chi connectivity index (χ4n) is 2.12. The third-order valence-electron chi connectivity index (χ3n) is 3.18. The van der Waals surface area contributed by atoms with Crippen LogP contribution in [0.3, 0.4) is 0 Å². The largest absolute Gasteiger partial charge is 0.343 e. The molecule has 1 aliphatic rings. The van der Waals surface area contributed by atoms with Crippen LogP contribution in [0.5, 0.6) is 0 Å². The lowest BCUT2D eigenvalue weighted by Gasteiger charge is -2.34. The molecule has 0 aromatic heterocycles. The quantitative estimate of drug-likeness (QED) is 0.823. The number of nitrogens with zero attached hydrogens (tertiary/aromatic N) is 1. The van der Waals surface area contributed by atoms with Crippen molar-refractivity contribution in [1.82, 2.24) is 10.2 Å². The van der Waals surface area contributed by atoms with Crippen molar-refractivity contribution in [2.75, 3.05) is 6.54 Å².